The lowest BCUT2D eigenvalue weighted by atomic mass is 10.1. The number of aliphatic hydroxyl groups is 1. The van der Waals surface area contributed by atoms with Gasteiger partial charge in [-0.1, -0.05) is 6.58 Å². The summed E-state index contributed by atoms with van der Waals surface area (Å²) < 4.78 is 1.66. The van der Waals surface area contributed by atoms with Crippen LogP contribution in [0.25, 0.3) is 6.20 Å². The number of nitrogens with zero attached hydrogens (tertiary/aromatic N) is 2. The minimum atomic E-state index is -0.239. The number of aryl methyl sites for hydroxylation is 1. The Morgan fingerprint density at radius 2 is 2.58 bits per heavy atom. The zero-order valence-corrected chi connectivity index (χ0v) is 7.27. The summed E-state index contributed by atoms with van der Waals surface area (Å²) in [5.74, 6) is 0. The third-order valence-electron chi connectivity index (χ3n) is 1.69. The largest absolute Gasteiger partial charge is 0.393 e. The van der Waals surface area contributed by atoms with Crippen molar-refractivity contribution in [1.82, 2.24) is 9.78 Å². The Bertz CT molecular complexity index is 253. The van der Waals surface area contributed by atoms with Crippen LogP contribution in [0.15, 0.2) is 19.0 Å². The standard InChI is InChI=1S/C9H14N2O/c1-3-11-7-9(6-10-11)5-4-8(2)12/h3,6-8,12H,1,4-5H2,2H3. The van der Waals surface area contributed by atoms with E-state index in [4.69, 9.17) is 5.11 Å². The topological polar surface area (TPSA) is 38.0 Å². The lowest BCUT2D eigenvalue weighted by Crippen LogP contribution is -2.00. The van der Waals surface area contributed by atoms with Crippen LogP contribution in [0.2, 0.25) is 0 Å². The molecule has 0 saturated heterocycles. The van der Waals surface area contributed by atoms with Crippen LogP contribution in [-0.4, -0.2) is 21.0 Å². The van der Waals surface area contributed by atoms with Crippen molar-refractivity contribution in [2.24, 2.45) is 0 Å². The first-order valence-corrected chi connectivity index (χ1v) is 4.06. The van der Waals surface area contributed by atoms with Gasteiger partial charge in [-0.05, 0) is 25.3 Å². The normalized spacial score (nSPS) is 12.8. The number of hydrogen-bond donors (Lipinski definition) is 1. The molecule has 0 bridgehead atoms. The van der Waals surface area contributed by atoms with Gasteiger partial charge in [0.1, 0.15) is 0 Å². The molecular weight excluding hydrogens is 152 g/mol. The summed E-state index contributed by atoms with van der Waals surface area (Å²) in [6.07, 6.45) is 6.76. The molecule has 1 heterocycles. The number of hydrogen-bond acceptors (Lipinski definition) is 2. The molecule has 1 unspecified atom stereocenters. The first kappa shape index (κ1) is 9.00. The van der Waals surface area contributed by atoms with Crippen LogP contribution in [-0.2, 0) is 6.42 Å². The van der Waals surface area contributed by atoms with Crippen molar-refractivity contribution in [1.29, 1.82) is 0 Å². The first-order chi connectivity index (χ1) is 5.72. The fourth-order valence-corrected chi connectivity index (χ4v) is 0.982. The van der Waals surface area contributed by atoms with Gasteiger partial charge in [-0.25, -0.2) is 4.68 Å². The van der Waals surface area contributed by atoms with E-state index in [9.17, 15) is 0 Å². The minimum absolute atomic E-state index is 0.239. The number of aliphatic hydroxyl groups excluding tert-OH is 1. The molecule has 0 aliphatic heterocycles. The monoisotopic (exact) mass is 166 g/mol. The van der Waals surface area contributed by atoms with Crippen LogP contribution in [0.5, 0.6) is 0 Å². The van der Waals surface area contributed by atoms with E-state index in [1.54, 1.807) is 24.0 Å². The van der Waals surface area contributed by atoms with E-state index in [1.165, 1.54) is 0 Å². The van der Waals surface area contributed by atoms with E-state index >= 15 is 0 Å². The second-order valence-electron chi connectivity index (χ2n) is 2.90. The van der Waals surface area contributed by atoms with Gasteiger partial charge in [-0.2, -0.15) is 5.10 Å². The van der Waals surface area contributed by atoms with Gasteiger partial charge >= 0.3 is 0 Å². The molecule has 66 valence electrons. The van der Waals surface area contributed by atoms with E-state index in [-0.39, 0.29) is 6.10 Å². The predicted octanol–water partition coefficient (Wildman–Crippen LogP) is 1.30. The van der Waals surface area contributed by atoms with Crippen molar-refractivity contribution in [3.05, 3.63) is 24.5 Å². The summed E-state index contributed by atoms with van der Waals surface area (Å²) in [7, 11) is 0. The summed E-state index contributed by atoms with van der Waals surface area (Å²) in [4.78, 5) is 0. The summed E-state index contributed by atoms with van der Waals surface area (Å²) in [5, 5.41) is 13.1. The Hall–Kier alpha value is -1.09. The Morgan fingerprint density at radius 3 is 3.08 bits per heavy atom. The molecule has 1 N–H and O–H groups in total. The lowest BCUT2D eigenvalue weighted by Gasteiger charge is -1.99. The molecule has 1 aromatic heterocycles. The van der Waals surface area contributed by atoms with Gasteiger partial charge in [0.15, 0.2) is 0 Å². The Labute approximate surface area is 72.3 Å². The van der Waals surface area contributed by atoms with Gasteiger partial charge in [-0.3, -0.25) is 0 Å². The third kappa shape index (κ3) is 2.51. The van der Waals surface area contributed by atoms with Crippen molar-refractivity contribution in [2.75, 3.05) is 0 Å². The molecule has 0 aliphatic carbocycles. The van der Waals surface area contributed by atoms with E-state index in [0.29, 0.717) is 0 Å². The van der Waals surface area contributed by atoms with Crippen LogP contribution < -0.4 is 0 Å². The van der Waals surface area contributed by atoms with Gasteiger partial charge in [0.05, 0.1) is 12.3 Å². The Kier molecular flexibility index (Phi) is 3.05. The molecule has 0 saturated carbocycles. The van der Waals surface area contributed by atoms with Crippen LogP contribution in [0.3, 0.4) is 0 Å². The average molecular weight is 166 g/mol. The zero-order valence-electron chi connectivity index (χ0n) is 7.27. The van der Waals surface area contributed by atoms with Gasteiger partial charge < -0.3 is 5.11 Å². The Morgan fingerprint density at radius 1 is 1.83 bits per heavy atom. The van der Waals surface area contributed by atoms with Crippen LogP contribution in [0.1, 0.15) is 18.9 Å². The quantitative estimate of drug-likeness (QED) is 0.732. The minimum Gasteiger partial charge on any atom is -0.393 e. The van der Waals surface area contributed by atoms with Crippen LogP contribution in [0.4, 0.5) is 0 Å². The zero-order chi connectivity index (χ0) is 8.97. The van der Waals surface area contributed by atoms with Gasteiger partial charge in [0.25, 0.3) is 0 Å². The number of rotatable bonds is 4. The van der Waals surface area contributed by atoms with Crippen LogP contribution >= 0.6 is 0 Å². The molecule has 0 radical (unpaired) electrons. The molecule has 0 spiro atoms. The van der Waals surface area contributed by atoms with E-state index < -0.39 is 0 Å². The highest BCUT2D eigenvalue weighted by atomic mass is 16.3. The van der Waals surface area contributed by atoms with Crippen molar-refractivity contribution in [3.8, 4) is 0 Å². The van der Waals surface area contributed by atoms with Gasteiger partial charge in [0, 0.05) is 12.4 Å². The summed E-state index contributed by atoms with van der Waals surface area (Å²) >= 11 is 0. The molecule has 0 amide bonds. The molecule has 0 fully saturated rings. The fourth-order valence-electron chi connectivity index (χ4n) is 0.982. The summed E-state index contributed by atoms with van der Waals surface area (Å²) in [6, 6.07) is 0. The van der Waals surface area contributed by atoms with Gasteiger partial charge in [0.2, 0.25) is 0 Å². The molecule has 0 aliphatic rings. The molecule has 1 rings (SSSR count). The molecule has 1 aromatic rings. The summed E-state index contributed by atoms with van der Waals surface area (Å²) in [5.41, 5.74) is 1.14. The highest BCUT2D eigenvalue weighted by molar-refractivity contribution is 5.17. The third-order valence-corrected chi connectivity index (χ3v) is 1.69. The van der Waals surface area contributed by atoms with Gasteiger partial charge in [-0.15, -0.1) is 0 Å². The lowest BCUT2D eigenvalue weighted by molar-refractivity contribution is 0.185. The fraction of sp³-hybridized carbons (Fsp3) is 0.444. The highest BCUT2D eigenvalue weighted by Gasteiger charge is 1.99. The summed E-state index contributed by atoms with van der Waals surface area (Å²) in [6.45, 7) is 5.38. The van der Waals surface area contributed by atoms with E-state index in [2.05, 4.69) is 11.7 Å². The van der Waals surface area contributed by atoms with Crippen molar-refractivity contribution in [3.63, 3.8) is 0 Å². The molecule has 12 heavy (non-hydrogen) atoms. The van der Waals surface area contributed by atoms with Crippen molar-refractivity contribution >= 4 is 6.20 Å². The molecule has 3 heteroatoms. The van der Waals surface area contributed by atoms with E-state index in [1.807, 2.05) is 6.20 Å². The van der Waals surface area contributed by atoms with E-state index in [0.717, 1.165) is 18.4 Å². The second kappa shape index (κ2) is 4.07. The second-order valence-corrected chi connectivity index (χ2v) is 2.90. The molecule has 0 aromatic carbocycles. The number of aromatic nitrogens is 2. The Balaban J connectivity index is 2.47. The molecular formula is C9H14N2O. The maximum Gasteiger partial charge on any atom is 0.0525 e. The molecule has 1 atom stereocenters. The molecule has 3 nitrogen and oxygen atoms in total. The van der Waals surface area contributed by atoms with Crippen LogP contribution in [0, 0.1) is 0 Å². The maximum absolute atomic E-state index is 9.03. The first-order valence-electron chi connectivity index (χ1n) is 4.06. The van der Waals surface area contributed by atoms with Crippen molar-refractivity contribution in [2.45, 2.75) is 25.9 Å². The smallest absolute Gasteiger partial charge is 0.0525 e. The SMILES string of the molecule is C=Cn1cc(CCC(C)O)cn1. The maximum atomic E-state index is 9.03. The average Bonchev–Trinajstić information content (AvgIpc) is 2.48. The predicted molar refractivity (Wildman–Crippen MR) is 48.6 cm³/mol. The highest BCUT2D eigenvalue weighted by Crippen LogP contribution is 2.03. The van der Waals surface area contributed by atoms with Crippen molar-refractivity contribution < 1.29 is 5.11 Å².